The van der Waals surface area contributed by atoms with Crippen LogP contribution < -0.4 is 19.3 Å². The largest absolute Gasteiger partial charge is 0.494 e. The van der Waals surface area contributed by atoms with Crippen LogP contribution in [0.25, 0.3) is 0 Å². The Labute approximate surface area is 207 Å². The number of anilines is 2. The fraction of sp³-hybridized carbons (Fsp3) is 0.407. The summed E-state index contributed by atoms with van der Waals surface area (Å²) in [5, 5.41) is 1.55. The Bertz CT molecular complexity index is 1080. The number of rotatable bonds is 8. The molecule has 0 fully saturated rings. The molecule has 2 aromatic carbocycles. The number of aryl methyl sites for hydroxylation is 2. The number of hydrogen-bond donors (Lipinski definition) is 0. The van der Waals surface area contributed by atoms with Gasteiger partial charge in [0.25, 0.3) is 0 Å². The molecule has 4 rings (SSSR count). The number of ether oxygens (including phenoxy) is 2. The summed E-state index contributed by atoms with van der Waals surface area (Å²) in [6.07, 6.45) is 6.78. The van der Waals surface area contributed by atoms with E-state index in [1.165, 1.54) is 37.3 Å². The van der Waals surface area contributed by atoms with E-state index in [4.69, 9.17) is 9.47 Å². The highest BCUT2D eigenvalue weighted by atomic mass is 32.2. The molecule has 0 spiro atoms. The Morgan fingerprint density at radius 2 is 1.48 bits per heavy atom. The van der Waals surface area contributed by atoms with Gasteiger partial charge < -0.3 is 19.3 Å². The predicted octanol–water partition coefficient (Wildman–Crippen LogP) is 7.39. The third-order valence-corrected chi connectivity index (χ3v) is 8.27. The van der Waals surface area contributed by atoms with Crippen molar-refractivity contribution >= 4 is 34.9 Å². The molecule has 0 amide bonds. The molecule has 0 saturated heterocycles. The monoisotopic (exact) mass is 482 g/mol. The summed E-state index contributed by atoms with van der Waals surface area (Å²) in [5.74, 6) is 1.97. The van der Waals surface area contributed by atoms with E-state index < -0.39 is 0 Å². The van der Waals surface area contributed by atoms with Gasteiger partial charge in [0.15, 0.2) is 0 Å². The van der Waals surface area contributed by atoms with Gasteiger partial charge in [0.2, 0.25) is 0 Å². The van der Waals surface area contributed by atoms with Gasteiger partial charge in [0, 0.05) is 35.0 Å². The predicted molar refractivity (Wildman–Crippen MR) is 143 cm³/mol. The first-order valence-electron chi connectivity index (χ1n) is 11.8. The Kier molecular flexibility index (Phi) is 7.55. The molecule has 0 aliphatic carbocycles. The van der Waals surface area contributed by atoms with Crippen molar-refractivity contribution < 1.29 is 9.47 Å². The minimum atomic E-state index is 0.286. The molecule has 0 aromatic heterocycles. The molecule has 0 bridgehead atoms. The van der Waals surface area contributed by atoms with E-state index in [9.17, 15) is 0 Å². The summed E-state index contributed by atoms with van der Waals surface area (Å²) in [5.41, 5.74) is 4.91. The molecule has 2 heterocycles. The molecular weight excluding hydrogens is 448 g/mol. The zero-order valence-corrected chi connectivity index (χ0v) is 22.1. The molecule has 1 atom stereocenters. The second kappa shape index (κ2) is 10.4. The van der Waals surface area contributed by atoms with Gasteiger partial charge in [-0.2, -0.15) is 0 Å². The number of thioether (sulfide) groups is 2. The summed E-state index contributed by atoms with van der Waals surface area (Å²) >= 11 is 3.75. The molecule has 2 aliphatic rings. The fourth-order valence-corrected chi connectivity index (χ4v) is 6.91. The van der Waals surface area contributed by atoms with Crippen LogP contribution in [-0.2, 0) is 0 Å². The van der Waals surface area contributed by atoms with Crippen molar-refractivity contribution in [2.45, 2.75) is 56.7 Å². The minimum Gasteiger partial charge on any atom is -0.494 e. The molecule has 0 saturated carbocycles. The van der Waals surface area contributed by atoms with Crippen molar-refractivity contribution in [1.82, 2.24) is 0 Å². The van der Waals surface area contributed by atoms with Crippen LogP contribution in [0.4, 0.5) is 11.4 Å². The standard InChI is InChI=1S/C27H34N2O2S2/c1-7-28-20-16-22(30-9-3)18(5)14-24(20)32-26(28)12-11-13-27-29(8-2)21-17-23(31-10-4)19(6)15-25(21)33-27/h11-17,26H,7-10H2,1-6H3. The number of fused-ring (bicyclic) bond motifs is 2. The van der Waals surface area contributed by atoms with Crippen LogP contribution in [0.5, 0.6) is 11.5 Å². The van der Waals surface area contributed by atoms with Crippen molar-refractivity contribution in [1.29, 1.82) is 0 Å². The van der Waals surface area contributed by atoms with E-state index >= 15 is 0 Å². The quantitative estimate of drug-likeness (QED) is 0.389. The van der Waals surface area contributed by atoms with E-state index in [1.54, 1.807) is 0 Å². The van der Waals surface area contributed by atoms with Crippen molar-refractivity contribution in [2.75, 3.05) is 36.1 Å². The molecule has 0 N–H and O–H groups in total. The lowest BCUT2D eigenvalue weighted by atomic mass is 10.2. The van der Waals surface area contributed by atoms with E-state index in [-0.39, 0.29) is 5.37 Å². The van der Waals surface area contributed by atoms with Gasteiger partial charge in [-0.05, 0) is 70.9 Å². The summed E-state index contributed by atoms with van der Waals surface area (Å²) in [4.78, 5) is 7.45. The van der Waals surface area contributed by atoms with E-state index in [2.05, 4.69) is 80.0 Å². The summed E-state index contributed by atoms with van der Waals surface area (Å²) in [7, 11) is 0. The maximum atomic E-state index is 5.84. The summed E-state index contributed by atoms with van der Waals surface area (Å²) in [6, 6.07) is 8.91. The molecule has 2 aliphatic heterocycles. The molecule has 176 valence electrons. The first-order valence-corrected chi connectivity index (χ1v) is 13.5. The molecule has 33 heavy (non-hydrogen) atoms. The highest BCUT2D eigenvalue weighted by Gasteiger charge is 2.29. The van der Waals surface area contributed by atoms with Gasteiger partial charge >= 0.3 is 0 Å². The first-order chi connectivity index (χ1) is 16.0. The Morgan fingerprint density at radius 3 is 2.09 bits per heavy atom. The topological polar surface area (TPSA) is 24.9 Å². The molecule has 2 aromatic rings. The SMILES string of the molecule is CCOc1cc2c(cc1C)SC(=CC=CC1Sc3cc(C)c(OCC)cc3N1CC)N2CC. The van der Waals surface area contributed by atoms with E-state index in [0.717, 1.165) is 24.6 Å². The smallest absolute Gasteiger partial charge is 0.124 e. The maximum absolute atomic E-state index is 5.84. The maximum Gasteiger partial charge on any atom is 0.124 e. The van der Waals surface area contributed by atoms with Crippen LogP contribution in [-0.4, -0.2) is 31.7 Å². The number of hydrogen-bond acceptors (Lipinski definition) is 6. The summed E-state index contributed by atoms with van der Waals surface area (Å²) in [6.45, 7) is 16.0. The van der Waals surface area contributed by atoms with Gasteiger partial charge in [-0.1, -0.05) is 35.7 Å². The van der Waals surface area contributed by atoms with Crippen LogP contribution in [0.2, 0.25) is 0 Å². The van der Waals surface area contributed by atoms with Crippen LogP contribution in [0.15, 0.2) is 57.3 Å². The zero-order chi connectivity index (χ0) is 23.5. The fourth-order valence-electron chi connectivity index (χ4n) is 4.33. The van der Waals surface area contributed by atoms with Crippen LogP contribution in [0.1, 0.15) is 38.8 Å². The highest BCUT2D eigenvalue weighted by Crippen LogP contribution is 2.49. The van der Waals surface area contributed by atoms with Gasteiger partial charge in [-0.3, -0.25) is 0 Å². The van der Waals surface area contributed by atoms with Crippen molar-refractivity contribution in [3.8, 4) is 11.5 Å². The molecule has 6 heteroatoms. The van der Waals surface area contributed by atoms with Crippen LogP contribution in [0, 0.1) is 13.8 Å². The lowest BCUT2D eigenvalue weighted by molar-refractivity contribution is 0.337. The number of likely N-dealkylation sites (N-methyl/N-ethyl adjacent to an activating group) is 1. The van der Waals surface area contributed by atoms with Crippen LogP contribution >= 0.6 is 23.5 Å². The summed E-state index contributed by atoms with van der Waals surface area (Å²) < 4.78 is 11.7. The lowest BCUT2D eigenvalue weighted by Gasteiger charge is -2.23. The Balaban J connectivity index is 1.54. The molecular formula is C27H34N2O2S2. The molecule has 0 radical (unpaired) electrons. The second-order valence-corrected chi connectivity index (χ2v) is 10.3. The van der Waals surface area contributed by atoms with Gasteiger partial charge in [-0.25, -0.2) is 0 Å². The van der Waals surface area contributed by atoms with Crippen molar-refractivity contribution in [3.05, 3.63) is 58.6 Å². The van der Waals surface area contributed by atoms with Crippen molar-refractivity contribution in [2.24, 2.45) is 0 Å². The van der Waals surface area contributed by atoms with Crippen LogP contribution in [0.3, 0.4) is 0 Å². The van der Waals surface area contributed by atoms with Gasteiger partial charge in [-0.15, -0.1) is 0 Å². The highest BCUT2D eigenvalue weighted by molar-refractivity contribution is 8.03. The lowest BCUT2D eigenvalue weighted by Crippen LogP contribution is -2.27. The third-order valence-electron chi connectivity index (χ3n) is 5.92. The zero-order valence-electron chi connectivity index (χ0n) is 20.5. The normalized spacial score (nSPS) is 18.4. The average molecular weight is 483 g/mol. The van der Waals surface area contributed by atoms with Gasteiger partial charge in [0.1, 0.15) is 11.5 Å². The third kappa shape index (κ3) is 4.73. The first kappa shape index (κ1) is 24.0. The second-order valence-electron chi connectivity index (χ2n) is 8.07. The molecule has 4 nitrogen and oxygen atoms in total. The Morgan fingerprint density at radius 1 is 0.848 bits per heavy atom. The number of benzene rings is 2. The van der Waals surface area contributed by atoms with E-state index in [0.29, 0.717) is 13.2 Å². The average Bonchev–Trinajstić information content (AvgIpc) is 3.30. The van der Waals surface area contributed by atoms with Gasteiger partial charge in [0.05, 0.1) is 35.0 Å². The minimum absolute atomic E-state index is 0.286. The van der Waals surface area contributed by atoms with E-state index in [1.807, 2.05) is 37.4 Å². The van der Waals surface area contributed by atoms with Crippen molar-refractivity contribution in [3.63, 3.8) is 0 Å². The molecule has 1 unspecified atom stereocenters. The number of allylic oxidation sites excluding steroid dienone is 2. The number of nitrogens with zero attached hydrogens (tertiary/aromatic N) is 2. The Hall–Kier alpha value is -2.18.